The van der Waals surface area contributed by atoms with Crippen LogP contribution in [0.1, 0.15) is 23.1 Å². The van der Waals surface area contributed by atoms with Crippen LogP contribution in [0, 0.1) is 12.9 Å². The highest BCUT2D eigenvalue weighted by Gasteiger charge is 2.20. The van der Waals surface area contributed by atoms with Gasteiger partial charge in [-0.2, -0.15) is 4.39 Å². The number of methoxy groups -OCH3 is 1. The zero-order valence-electron chi connectivity index (χ0n) is 8.76. The van der Waals surface area contributed by atoms with E-state index in [9.17, 15) is 18.0 Å². The summed E-state index contributed by atoms with van der Waals surface area (Å²) in [7, 11) is 1.14. The molecule has 1 rings (SSSR count). The number of halogens is 3. The number of aromatic nitrogens is 1. The molecule has 1 heterocycles. The molecule has 0 amide bonds. The zero-order valence-corrected chi connectivity index (χ0v) is 8.76. The lowest BCUT2D eigenvalue weighted by molar-refractivity contribution is -0.139. The average Bonchev–Trinajstić information content (AvgIpc) is 2.24. The molecule has 88 valence electrons. The van der Waals surface area contributed by atoms with Crippen LogP contribution in [0.5, 0.6) is 0 Å². The molecule has 0 saturated heterocycles. The summed E-state index contributed by atoms with van der Waals surface area (Å²) in [5, 5.41) is 0. The van der Waals surface area contributed by atoms with E-state index < -0.39 is 23.9 Å². The largest absolute Gasteiger partial charge is 0.469 e. The van der Waals surface area contributed by atoms with E-state index in [1.165, 1.54) is 6.92 Å². The molecular formula is C10H10F3NO2. The van der Waals surface area contributed by atoms with Gasteiger partial charge in [-0.05, 0) is 12.5 Å². The lowest BCUT2D eigenvalue weighted by atomic mass is 10.0. The first-order chi connectivity index (χ1) is 7.47. The highest BCUT2D eigenvalue weighted by Crippen LogP contribution is 2.26. The van der Waals surface area contributed by atoms with Crippen LogP contribution >= 0.6 is 0 Å². The van der Waals surface area contributed by atoms with Crippen molar-refractivity contribution >= 4 is 5.97 Å². The quantitative estimate of drug-likeness (QED) is 0.593. The summed E-state index contributed by atoms with van der Waals surface area (Å²) in [6.45, 7) is 1.30. The van der Waals surface area contributed by atoms with Crippen molar-refractivity contribution in [3.05, 3.63) is 28.8 Å². The smallest absolute Gasteiger partial charge is 0.310 e. The van der Waals surface area contributed by atoms with Crippen LogP contribution < -0.4 is 0 Å². The molecule has 1 aromatic heterocycles. The molecule has 0 unspecified atom stereocenters. The highest BCUT2D eigenvalue weighted by atomic mass is 19.3. The topological polar surface area (TPSA) is 39.2 Å². The van der Waals surface area contributed by atoms with Crippen molar-refractivity contribution in [2.45, 2.75) is 19.8 Å². The lowest BCUT2D eigenvalue weighted by Crippen LogP contribution is -2.11. The first-order valence-corrected chi connectivity index (χ1v) is 4.46. The van der Waals surface area contributed by atoms with Crippen LogP contribution in [-0.4, -0.2) is 18.1 Å². The van der Waals surface area contributed by atoms with Gasteiger partial charge >= 0.3 is 5.97 Å². The summed E-state index contributed by atoms with van der Waals surface area (Å²) in [5.74, 6) is -1.56. The molecule has 0 aromatic carbocycles. The van der Waals surface area contributed by atoms with Crippen molar-refractivity contribution in [3.8, 4) is 0 Å². The Kier molecular flexibility index (Phi) is 3.87. The van der Waals surface area contributed by atoms with Crippen LogP contribution in [0.25, 0.3) is 0 Å². The second-order valence-electron chi connectivity index (χ2n) is 3.16. The van der Waals surface area contributed by atoms with Crippen LogP contribution in [0.4, 0.5) is 13.2 Å². The maximum atomic E-state index is 13.1. The summed E-state index contributed by atoms with van der Waals surface area (Å²) < 4.78 is 42.6. The van der Waals surface area contributed by atoms with Crippen molar-refractivity contribution in [3.63, 3.8) is 0 Å². The molecule has 1 aromatic rings. The minimum Gasteiger partial charge on any atom is -0.469 e. The fourth-order valence-electron chi connectivity index (χ4n) is 1.28. The number of ether oxygens (including phenoxy) is 1. The summed E-state index contributed by atoms with van der Waals surface area (Å²) in [6.07, 6.45) is -2.45. The van der Waals surface area contributed by atoms with Crippen LogP contribution in [0.2, 0.25) is 0 Å². The molecule has 0 fully saturated rings. The minimum atomic E-state index is -2.80. The molecule has 0 N–H and O–H groups in total. The number of hydrogen-bond acceptors (Lipinski definition) is 3. The Bertz CT molecular complexity index is 407. The molecule has 16 heavy (non-hydrogen) atoms. The number of nitrogens with zero attached hydrogens (tertiary/aromatic N) is 1. The third kappa shape index (κ3) is 2.50. The Labute approximate surface area is 90.2 Å². The third-order valence-corrected chi connectivity index (χ3v) is 2.21. The average molecular weight is 233 g/mol. The number of alkyl halides is 2. The lowest BCUT2D eigenvalue weighted by Gasteiger charge is -2.10. The first kappa shape index (κ1) is 12.5. The van der Waals surface area contributed by atoms with Gasteiger partial charge in [-0.25, -0.2) is 13.8 Å². The van der Waals surface area contributed by atoms with Crippen molar-refractivity contribution < 1.29 is 22.7 Å². The number of carbonyl (C=O) groups excluding carboxylic acids is 1. The fraction of sp³-hybridized carbons (Fsp3) is 0.400. The highest BCUT2D eigenvalue weighted by molar-refractivity contribution is 5.73. The van der Waals surface area contributed by atoms with E-state index in [1.807, 2.05) is 0 Å². The van der Waals surface area contributed by atoms with Crippen LogP contribution in [-0.2, 0) is 16.0 Å². The molecule has 0 atom stereocenters. The van der Waals surface area contributed by atoms with Gasteiger partial charge in [0.05, 0.1) is 13.5 Å². The van der Waals surface area contributed by atoms with Gasteiger partial charge in [0, 0.05) is 17.3 Å². The second kappa shape index (κ2) is 4.96. The molecule has 0 aliphatic heterocycles. The number of rotatable bonds is 3. The zero-order chi connectivity index (χ0) is 12.3. The molecule has 0 saturated carbocycles. The molecular weight excluding hydrogens is 223 g/mol. The number of hydrogen-bond donors (Lipinski definition) is 0. The van der Waals surface area contributed by atoms with E-state index in [1.54, 1.807) is 0 Å². The van der Waals surface area contributed by atoms with Crippen LogP contribution in [0.15, 0.2) is 6.20 Å². The van der Waals surface area contributed by atoms with E-state index in [0.717, 1.165) is 13.3 Å². The minimum absolute atomic E-state index is 0.0526. The van der Waals surface area contributed by atoms with Crippen molar-refractivity contribution in [2.24, 2.45) is 0 Å². The summed E-state index contributed by atoms with van der Waals surface area (Å²) >= 11 is 0. The van der Waals surface area contributed by atoms with Crippen LogP contribution in [0.3, 0.4) is 0 Å². The first-order valence-electron chi connectivity index (χ1n) is 4.46. The standard InChI is InChI=1S/C10H10F3NO2/c1-5-6(3-8(15)16-2)7(9(11)12)4-14-10(5)13/h4,9H,3H2,1-2H3. The van der Waals surface area contributed by atoms with E-state index >= 15 is 0 Å². The van der Waals surface area contributed by atoms with Gasteiger partial charge < -0.3 is 4.74 Å². The van der Waals surface area contributed by atoms with Gasteiger partial charge in [0.2, 0.25) is 5.95 Å². The van der Waals surface area contributed by atoms with Gasteiger partial charge in [-0.1, -0.05) is 0 Å². The predicted molar refractivity (Wildman–Crippen MR) is 49.6 cm³/mol. The van der Waals surface area contributed by atoms with E-state index in [2.05, 4.69) is 9.72 Å². The number of esters is 1. The SMILES string of the molecule is COC(=O)Cc1c(C(F)F)cnc(F)c1C. The predicted octanol–water partition coefficient (Wildman–Crippen LogP) is 2.18. The molecule has 3 nitrogen and oxygen atoms in total. The van der Waals surface area contributed by atoms with E-state index in [-0.39, 0.29) is 17.5 Å². The Morgan fingerprint density at radius 2 is 2.19 bits per heavy atom. The number of carbonyl (C=O) groups is 1. The molecule has 0 aliphatic carbocycles. The van der Waals surface area contributed by atoms with Gasteiger partial charge in [-0.15, -0.1) is 0 Å². The Balaban J connectivity index is 3.20. The maximum Gasteiger partial charge on any atom is 0.310 e. The molecule has 0 radical (unpaired) electrons. The normalized spacial score (nSPS) is 10.6. The van der Waals surface area contributed by atoms with Gasteiger partial charge in [0.1, 0.15) is 0 Å². The Morgan fingerprint density at radius 3 is 2.69 bits per heavy atom. The van der Waals surface area contributed by atoms with Crippen molar-refractivity contribution in [2.75, 3.05) is 7.11 Å². The Hall–Kier alpha value is -1.59. The van der Waals surface area contributed by atoms with Gasteiger partial charge in [0.15, 0.2) is 0 Å². The fourth-order valence-corrected chi connectivity index (χ4v) is 1.28. The maximum absolute atomic E-state index is 13.1. The monoisotopic (exact) mass is 233 g/mol. The second-order valence-corrected chi connectivity index (χ2v) is 3.16. The number of pyridine rings is 1. The molecule has 0 spiro atoms. The summed E-state index contributed by atoms with van der Waals surface area (Å²) in [5.41, 5.74) is -0.554. The molecule has 0 bridgehead atoms. The van der Waals surface area contributed by atoms with Crippen molar-refractivity contribution in [1.82, 2.24) is 4.98 Å². The van der Waals surface area contributed by atoms with Gasteiger partial charge in [0.25, 0.3) is 6.43 Å². The Morgan fingerprint density at radius 1 is 1.56 bits per heavy atom. The summed E-state index contributed by atoms with van der Waals surface area (Å²) in [6, 6.07) is 0. The molecule has 0 aliphatic rings. The van der Waals surface area contributed by atoms with E-state index in [0.29, 0.717) is 0 Å². The molecule has 6 heteroatoms. The van der Waals surface area contributed by atoms with Crippen molar-refractivity contribution in [1.29, 1.82) is 0 Å². The van der Waals surface area contributed by atoms with Gasteiger partial charge in [-0.3, -0.25) is 4.79 Å². The third-order valence-electron chi connectivity index (χ3n) is 2.21. The van der Waals surface area contributed by atoms with E-state index in [4.69, 9.17) is 0 Å². The summed E-state index contributed by atoms with van der Waals surface area (Å²) in [4.78, 5) is 14.2.